The number of hydrogen-bond donors (Lipinski definition) is 0. The Morgan fingerprint density at radius 3 is 1.73 bits per heavy atom. The van der Waals surface area contributed by atoms with Gasteiger partial charge in [-0.1, -0.05) is 140 Å². The molecule has 12 aromatic rings. The number of furan rings is 2. The van der Waals surface area contributed by atoms with E-state index in [0.29, 0.717) is 17.5 Å². The van der Waals surface area contributed by atoms with Gasteiger partial charge in [-0.25, -0.2) is 15.0 Å². The quantitative estimate of drug-likeness (QED) is 0.170. The predicted octanol–water partition coefficient (Wildman–Crippen LogP) is 13.8. The summed E-state index contributed by atoms with van der Waals surface area (Å²) in [6.07, 6.45) is 0. The van der Waals surface area contributed by atoms with Crippen molar-refractivity contribution in [1.29, 1.82) is 0 Å². The van der Waals surface area contributed by atoms with E-state index in [1.54, 1.807) is 0 Å². The number of rotatable bonds is 4. The zero-order chi connectivity index (χ0) is 36.7. The van der Waals surface area contributed by atoms with E-state index in [9.17, 15) is 0 Å². The fourth-order valence-corrected chi connectivity index (χ4v) is 8.55. The normalized spacial score (nSPS) is 11.9. The lowest BCUT2D eigenvalue weighted by Gasteiger charge is -2.14. The summed E-state index contributed by atoms with van der Waals surface area (Å²) >= 11 is 0. The molecule has 5 heteroatoms. The summed E-state index contributed by atoms with van der Waals surface area (Å²) in [5.74, 6) is 1.73. The van der Waals surface area contributed by atoms with E-state index in [2.05, 4.69) is 127 Å². The minimum atomic E-state index is 0.552. The third-order valence-electron chi connectivity index (χ3n) is 11.1. The highest BCUT2D eigenvalue weighted by atomic mass is 16.3. The Morgan fingerprint density at radius 2 is 0.875 bits per heavy atom. The van der Waals surface area contributed by atoms with Gasteiger partial charge in [0.15, 0.2) is 17.5 Å². The second-order valence-electron chi connectivity index (χ2n) is 14.3. The first-order valence-electron chi connectivity index (χ1n) is 18.8. The van der Waals surface area contributed by atoms with Gasteiger partial charge in [-0.15, -0.1) is 0 Å². The van der Waals surface area contributed by atoms with Gasteiger partial charge in [-0.2, -0.15) is 0 Å². The van der Waals surface area contributed by atoms with Crippen molar-refractivity contribution in [2.24, 2.45) is 0 Å². The molecule has 260 valence electrons. The van der Waals surface area contributed by atoms with Crippen LogP contribution in [-0.2, 0) is 0 Å². The predicted molar refractivity (Wildman–Crippen MR) is 229 cm³/mol. The van der Waals surface area contributed by atoms with Gasteiger partial charge in [0.05, 0.1) is 5.56 Å². The average Bonchev–Trinajstić information content (AvgIpc) is 3.84. The zero-order valence-electron chi connectivity index (χ0n) is 29.9. The number of para-hydroxylation sites is 3. The highest BCUT2D eigenvalue weighted by molar-refractivity contribution is 6.16. The Hall–Kier alpha value is -7.63. The fourth-order valence-electron chi connectivity index (χ4n) is 8.55. The first kappa shape index (κ1) is 30.8. The van der Waals surface area contributed by atoms with E-state index >= 15 is 0 Å². The van der Waals surface area contributed by atoms with E-state index in [1.165, 1.54) is 16.2 Å². The Labute approximate surface area is 320 Å². The molecule has 0 N–H and O–H groups in total. The SMILES string of the molecule is c1ccc2c(c1)ccc1cc(-c3nc(-c4ccc(-c5cccc6oc7ccccc7c56)c5ccccc45)nc(-c4cccc5c4oc4ccccc45)n3)ccc12. The molecule has 0 aliphatic carbocycles. The maximum absolute atomic E-state index is 6.51. The largest absolute Gasteiger partial charge is 0.456 e. The molecule has 0 aliphatic heterocycles. The molecule has 9 aromatic carbocycles. The third-order valence-corrected chi connectivity index (χ3v) is 11.1. The van der Waals surface area contributed by atoms with Crippen LogP contribution in [0.2, 0.25) is 0 Å². The maximum atomic E-state index is 6.51. The van der Waals surface area contributed by atoms with Crippen LogP contribution in [0.5, 0.6) is 0 Å². The number of fused-ring (bicyclic) bond motifs is 10. The second kappa shape index (κ2) is 11.9. The van der Waals surface area contributed by atoms with Gasteiger partial charge in [0, 0.05) is 32.7 Å². The molecule has 3 aromatic heterocycles. The smallest absolute Gasteiger partial charge is 0.167 e. The van der Waals surface area contributed by atoms with E-state index in [1.807, 2.05) is 48.5 Å². The minimum Gasteiger partial charge on any atom is -0.456 e. The van der Waals surface area contributed by atoms with Crippen molar-refractivity contribution in [2.45, 2.75) is 0 Å². The number of aromatic nitrogens is 3. The molecule has 0 atom stereocenters. The summed E-state index contributed by atoms with van der Waals surface area (Å²) in [4.78, 5) is 15.7. The van der Waals surface area contributed by atoms with Gasteiger partial charge < -0.3 is 8.83 Å². The van der Waals surface area contributed by atoms with Crippen LogP contribution in [-0.4, -0.2) is 15.0 Å². The van der Waals surface area contributed by atoms with Crippen molar-refractivity contribution in [3.63, 3.8) is 0 Å². The van der Waals surface area contributed by atoms with Crippen molar-refractivity contribution < 1.29 is 8.83 Å². The van der Waals surface area contributed by atoms with Crippen LogP contribution in [0.15, 0.2) is 185 Å². The lowest BCUT2D eigenvalue weighted by Crippen LogP contribution is -2.01. The summed E-state index contributed by atoms with van der Waals surface area (Å²) < 4.78 is 12.8. The lowest BCUT2D eigenvalue weighted by molar-refractivity contribution is 0.669. The Balaban J connectivity index is 1.10. The van der Waals surface area contributed by atoms with Crippen LogP contribution in [0.1, 0.15) is 0 Å². The maximum Gasteiger partial charge on any atom is 0.167 e. The van der Waals surface area contributed by atoms with Crippen molar-refractivity contribution in [1.82, 2.24) is 15.0 Å². The fraction of sp³-hybridized carbons (Fsp3) is 0. The molecule has 0 unspecified atom stereocenters. The summed E-state index contributed by atoms with van der Waals surface area (Å²) in [5.41, 5.74) is 8.20. The molecule has 5 nitrogen and oxygen atoms in total. The van der Waals surface area contributed by atoms with E-state index < -0.39 is 0 Å². The van der Waals surface area contributed by atoms with E-state index in [0.717, 1.165) is 87.9 Å². The van der Waals surface area contributed by atoms with Crippen molar-refractivity contribution in [3.05, 3.63) is 176 Å². The van der Waals surface area contributed by atoms with Crippen LogP contribution in [0.4, 0.5) is 0 Å². The average molecular weight is 716 g/mol. The summed E-state index contributed by atoms with van der Waals surface area (Å²) in [6.45, 7) is 0. The van der Waals surface area contributed by atoms with Crippen molar-refractivity contribution >= 4 is 76.2 Å². The highest BCUT2D eigenvalue weighted by Gasteiger charge is 2.21. The van der Waals surface area contributed by atoms with Crippen molar-refractivity contribution in [3.8, 4) is 45.3 Å². The molecule has 56 heavy (non-hydrogen) atoms. The second-order valence-corrected chi connectivity index (χ2v) is 14.3. The van der Waals surface area contributed by atoms with Gasteiger partial charge in [0.1, 0.15) is 22.3 Å². The standard InChI is InChI=1S/C51H29N3O2/c1-2-12-33-30(11-1)23-24-31-29-32(25-26-34(31)33)49-52-50(54-51(53-49)43-19-9-18-40-38-15-5-7-20-44(38)56-48(40)43)41-28-27-37(35-13-3-4-14-36(35)41)39-17-10-22-46-47(39)42-16-6-8-21-45(42)55-46/h1-29H. The number of benzene rings is 9. The van der Waals surface area contributed by atoms with Gasteiger partial charge >= 0.3 is 0 Å². The summed E-state index contributed by atoms with van der Waals surface area (Å²) in [7, 11) is 0. The summed E-state index contributed by atoms with van der Waals surface area (Å²) in [6, 6.07) is 61.0. The third kappa shape index (κ3) is 4.64. The van der Waals surface area contributed by atoms with Gasteiger partial charge in [-0.3, -0.25) is 0 Å². The van der Waals surface area contributed by atoms with Crippen LogP contribution in [0, 0.1) is 0 Å². The first-order valence-corrected chi connectivity index (χ1v) is 18.8. The first-order chi connectivity index (χ1) is 27.7. The van der Waals surface area contributed by atoms with Crippen LogP contribution >= 0.6 is 0 Å². The van der Waals surface area contributed by atoms with Crippen LogP contribution in [0.3, 0.4) is 0 Å². The van der Waals surface area contributed by atoms with Crippen LogP contribution in [0.25, 0.3) is 121 Å². The summed E-state index contributed by atoms with van der Waals surface area (Å²) in [5, 5.41) is 11.2. The molecule has 0 radical (unpaired) electrons. The van der Waals surface area contributed by atoms with Gasteiger partial charge in [0.2, 0.25) is 0 Å². The molecule has 0 fully saturated rings. The molecular formula is C51H29N3O2. The molecule has 0 saturated carbocycles. The molecular weight excluding hydrogens is 687 g/mol. The Morgan fingerprint density at radius 1 is 0.304 bits per heavy atom. The Kier molecular flexibility index (Phi) is 6.56. The van der Waals surface area contributed by atoms with Crippen LogP contribution < -0.4 is 0 Å². The topological polar surface area (TPSA) is 65.0 Å². The molecule has 12 rings (SSSR count). The lowest BCUT2D eigenvalue weighted by atomic mass is 9.92. The molecule has 0 saturated heterocycles. The number of nitrogens with zero attached hydrogens (tertiary/aromatic N) is 3. The molecule has 0 amide bonds. The van der Waals surface area contributed by atoms with E-state index in [-0.39, 0.29) is 0 Å². The number of hydrogen-bond acceptors (Lipinski definition) is 5. The minimum absolute atomic E-state index is 0.552. The van der Waals surface area contributed by atoms with E-state index in [4.69, 9.17) is 23.8 Å². The molecule has 3 heterocycles. The molecule has 0 bridgehead atoms. The van der Waals surface area contributed by atoms with Gasteiger partial charge in [0.25, 0.3) is 0 Å². The monoisotopic (exact) mass is 715 g/mol. The Bertz CT molecular complexity index is 3560. The molecule has 0 aliphatic rings. The van der Waals surface area contributed by atoms with Crippen molar-refractivity contribution in [2.75, 3.05) is 0 Å². The molecule has 0 spiro atoms. The zero-order valence-corrected chi connectivity index (χ0v) is 29.9. The van der Waals surface area contributed by atoms with Gasteiger partial charge in [-0.05, 0) is 79.8 Å². The highest BCUT2D eigenvalue weighted by Crippen LogP contribution is 2.42.